The van der Waals surface area contributed by atoms with Crippen molar-refractivity contribution in [1.29, 1.82) is 0 Å². The van der Waals surface area contributed by atoms with Crippen LogP contribution in [0.4, 0.5) is 5.82 Å². The lowest BCUT2D eigenvalue weighted by atomic mass is 10.1. The fourth-order valence-electron chi connectivity index (χ4n) is 3.75. The van der Waals surface area contributed by atoms with Crippen molar-refractivity contribution in [2.24, 2.45) is 0 Å². The predicted octanol–water partition coefficient (Wildman–Crippen LogP) is 3.98. The molecule has 5 rings (SSSR count). The first-order chi connectivity index (χ1) is 16.1. The number of anilines is 1. The Kier molecular flexibility index (Phi) is 5.02. The zero-order valence-electron chi connectivity index (χ0n) is 18.1. The van der Waals surface area contributed by atoms with Crippen LogP contribution in [-0.2, 0) is 0 Å². The van der Waals surface area contributed by atoms with E-state index < -0.39 is 5.91 Å². The van der Waals surface area contributed by atoms with Gasteiger partial charge in [-0.1, -0.05) is 11.2 Å². The Morgan fingerprint density at radius 3 is 2.55 bits per heavy atom. The number of carbonyl (C=O) groups is 1. The number of hydrogen-bond donors (Lipinski definition) is 2. The van der Waals surface area contributed by atoms with Crippen LogP contribution in [0.1, 0.15) is 16.1 Å². The van der Waals surface area contributed by atoms with Crippen molar-refractivity contribution in [3.8, 4) is 28.3 Å². The molecule has 0 saturated carbocycles. The Bertz CT molecular complexity index is 1430. The monoisotopic (exact) mass is 444 g/mol. The molecule has 0 atom stereocenters. The summed E-state index contributed by atoms with van der Waals surface area (Å²) in [5, 5.41) is 13.4. The number of ether oxygens (including phenoxy) is 2. The number of carbonyl (C=O) groups excluding carboxylic acids is 1. The molecular weight excluding hydrogens is 424 g/mol. The minimum absolute atomic E-state index is 0.244. The molecular formula is C23H20N6O4. The molecule has 0 spiro atoms. The summed E-state index contributed by atoms with van der Waals surface area (Å²) in [5.74, 6) is 0.549. The number of aryl methyl sites for hydroxylation is 1. The Morgan fingerprint density at radius 2 is 1.91 bits per heavy atom. The van der Waals surface area contributed by atoms with Gasteiger partial charge in [0.05, 0.1) is 36.6 Å². The Labute approximate surface area is 188 Å². The molecule has 0 radical (unpaired) electrons. The summed E-state index contributed by atoms with van der Waals surface area (Å²) in [4.78, 5) is 17.4. The molecule has 5 aromatic rings. The summed E-state index contributed by atoms with van der Waals surface area (Å²) < 4.78 is 17.7. The Morgan fingerprint density at radius 1 is 1.12 bits per heavy atom. The number of fused-ring (bicyclic) bond motifs is 1. The van der Waals surface area contributed by atoms with Gasteiger partial charge in [-0.3, -0.25) is 14.5 Å². The van der Waals surface area contributed by atoms with E-state index in [1.54, 1.807) is 24.5 Å². The average Bonchev–Trinajstić information content (AvgIpc) is 3.58. The first kappa shape index (κ1) is 20.3. The fourth-order valence-corrected chi connectivity index (χ4v) is 3.75. The van der Waals surface area contributed by atoms with Gasteiger partial charge >= 0.3 is 0 Å². The van der Waals surface area contributed by atoms with Crippen LogP contribution in [-0.4, -0.2) is 45.0 Å². The molecule has 33 heavy (non-hydrogen) atoms. The number of benzene rings is 2. The second kappa shape index (κ2) is 8.15. The maximum atomic E-state index is 12.9. The topological polar surface area (TPSA) is 120 Å². The summed E-state index contributed by atoms with van der Waals surface area (Å²) >= 11 is 0. The average molecular weight is 444 g/mol. The third-order valence-corrected chi connectivity index (χ3v) is 5.36. The van der Waals surface area contributed by atoms with Gasteiger partial charge < -0.3 is 19.3 Å². The van der Waals surface area contributed by atoms with Gasteiger partial charge in [-0.25, -0.2) is 4.98 Å². The van der Waals surface area contributed by atoms with Gasteiger partial charge in [0.2, 0.25) is 0 Å². The van der Waals surface area contributed by atoms with E-state index in [0.29, 0.717) is 11.5 Å². The van der Waals surface area contributed by atoms with Crippen molar-refractivity contribution in [1.82, 2.24) is 24.9 Å². The van der Waals surface area contributed by atoms with E-state index in [2.05, 4.69) is 25.7 Å². The van der Waals surface area contributed by atoms with Gasteiger partial charge in [0.15, 0.2) is 5.82 Å². The zero-order valence-corrected chi connectivity index (χ0v) is 18.1. The van der Waals surface area contributed by atoms with E-state index in [1.165, 1.54) is 20.5 Å². The van der Waals surface area contributed by atoms with E-state index in [0.717, 1.165) is 33.5 Å². The van der Waals surface area contributed by atoms with Crippen molar-refractivity contribution < 1.29 is 18.8 Å². The van der Waals surface area contributed by atoms with E-state index in [9.17, 15) is 4.79 Å². The second-order valence-electron chi connectivity index (χ2n) is 7.27. The van der Waals surface area contributed by atoms with Crippen LogP contribution in [0.15, 0.2) is 59.7 Å². The van der Waals surface area contributed by atoms with Crippen LogP contribution in [0.5, 0.6) is 11.5 Å². The number of hydrogen-bond acceptors (Lipinski definition) is 7. The van der Waals surface area contributed by atoms with Crippen LogP contribution < -0.4 is 14.8 Å². The molecule has 3 aromatic heterocycles. The lowest BCUT2D eigenvalue weighted by molar-refractivity contribution is 0.102. The number of nitrogens with zero attached hydrogens (tertiary/aromatic N) is 4. The maximum Gasteiger partial charge on any atom is 0.264 e. The lowest BCUT2D eigenvalue weighted by Gasteiger charge is -2.15. The highest BCUT2D eigenvalue weighted by molar-refractivity contribution is 6.08. The molecule has 0 bridgehead atoms. The molecule has 10 heteroatoms. The molecule has 0 aliphatic carbocycles. The van der Waals surface area contributed by atoms with Gasteiger partial charge in [-0.05, 0) is 24.6 Å². The van der Waals surface area contributed by atoms with Gasteiger partial charge in [0.1, 0.15) is 29.7 Å². The molecule has 0 unspecified atom stereocenters. The molecule has 0 saturated heterocycles. The molecule has 3 heterocycles. The molecule has 2 aromatic carbocycles. The number of nitrogens with one attached hydrogen (secondary N) is 2. The number of amides is 1. The van der Waals surface area contributed by atoms with Crippen LogP contribution in [0.3, 0.4) is 0 Å². The Hall–Kier alpha value is -4.60. The number of rotatable bonds is 6. The quantitative estimate of drug-likeness (QED) is 0.406. The van der Waals surface area contributed by atoms with Crippen molar-refractivity contribution >= 4 is 22.8 Å². The van der Waals surface area contributed by atoms with Crippen LogP contribution in [0.2, 0.25) is 0 Å². The van der Waals surface area contributed by atoms with Gasteiger partial charge in [-0.15, -0.1) is 0 Å². The lowest BCUT2D eigenvalue weighted by Crippen LogP contribution is -2.15. The van der Waals surface area contributed by atoms with Crippen molar-refractivity contribution in [3.05, 3.63) is 66.4 Å². The van der Waals surface area contributed by atoms with Crippen LogP contribution in [0.25, 0.3) is 27.8 Å². The molecule has 0 fully saturated rings. The molecule has 0 aliphatic rings. The van der Waals surface area contributed by atoms with Gasteiger partial charge in [0.25, 0.3) is 5.91 Å². The minimum atomic E-state index is -0.431. The first-order valence-corrected chi connectivity index (χ1v) is 10.0. The van der Waals surface area contributed by atoms with Crippen LogP contribution in [0, 0.1) is 6.92 Å². The van der Waals surface area contributed by atoms with Crippen molar-refractivity contribution in [2.75, 3.05) is 19.5 Å². The third-order valence-electron chi connectivity index (χ3n) is 5.36. The summed E-state index contributed by atoms with van der Waals surface area (Å²) in [6, 6.07) is 11.1. The summed E-state index contributed by atoms with van der Waals surface area (Å²) in [6.07, 6.45) is 4.96. The normalized spacial score (nSPS) is 11.0. The van der Waals surface area contributed by atoms with E-state index >= 15 is 0 Å². The second-order valence-corrected chi connectivity index (χ2v) is 7.27. The fraction of sp³-hybridized carbons (Fsp3) is 0.130. The SMILES string of the molecule is COc1cc(-n2cnc3cc(-c4c[nH]nc4C)ccc32)cc(OC)c1C(=O)Nc1ccon1. The third kappa shape index (κ3) is 3.57. The zero-order chi connectivity index (χ0) is 22.9. The van der Waals surface area contributed by atoms with E-state index in [4.69, 9.17) is 14.0 Å². The van der Waals surface area contributed by atoms with E-state index in [-0.39, 0.29) is 11.4 Å². The highest BCUT2D eigenvalue weighted by atomic mass is 16.5. The first-order valence-electron chi connectivity index (χ1n) is 10.0. The standard InChI is InChI=1S/C23H20N6O4/c1-13-16(11-25-27-13)14-4-5-18-17(8-14)24-12-29(18)15-9-19(31-2)22(20(10-15)32-3)23(30)26-21-6-7-33-28-21/h4-12H,1-3H3,(H,25,27)(H,26,28,30). The molecule has 10 nitrogen and oxygen atoms in total. The predicted molar refractivity (Wildman–Crippen MR) is 121 cm³/mol. The highest BCUT2D eigenvalue weighted by Gasteiger charge is 2.22. The summed E-state index contributed by atoms with van der Waals surface area (Å²) in [6.45, 7) is 1.95. The molecule has 2 N–H and O–H groups in total. The number of aromatic amines is 1. The number of aromatic nitrogens is 5. The molecule has 166 valence electrons. The van der Waals surface area contributed by atoms with Crippen LogP contribution >= 0.6 is 0 Å². The van der Waals surface area contributed by atoms with Crippen molar-refractivity contribution in [3.63, 3.8) is 0 Å². The van der Waals surface area contributed by atoms with Crippen molar-refractivity contribution in [2.45, 2.75) is 6.92 Å². The van der Waals surface area contributed by atoms with E-state index in [1.807, 2.05) is 35.9 Å². The number of H-pyrrole nitrogens is 1. The molecule has 0 aliphatic heterocycles. The molecule has 1 amide bonds. The number of methoxy groups -OCH3 is 2. The maximum absolute atomic E-state index is 12.9. The Balaban J connectivity index is 1.56. The highest BCUT2D eigenvalue weighted by Crippen LogP contribution is 2.34. The minimum Gasteiger partial charge on any atom is -0.496 e. The summed E-state index contributed by atoms with van der Waals surface area (Å²) in [5.41, 5.74) is 5.65. The van der Waals surface area contributed by atoms with Gasteiger partial charge in [0, 0.05) is 30.0 Å². The number of imidazole rings is 1. The largest absolute Gasteiger partial charge is 0.496 e. The smallest absolute Gasteiger partial charge is 0.264 e. The summed E-state index contributed by atoms with van der Waals surface area (Å²) in [7, 11) is 2.99. The van der Waals surface area contributed by atoms with Gasteiger partial charge in [-0.2, -0.15) is 5.10 Å².